The summed E-state index contributed by atoms with van der Waals surface area (Å²) in [5.41, 5.74) is -0.645. The van der Waals surface area contributed by atoms with Crippen LogP contribution in [0.2, 0.25) is 0 Å². The van der Waals surface area contributed by atoms with Gasteiger partial charge in [-0.1, -0.05) is 0 Å². The lowest BCUT2D eigenvalue weighted by Gasteiger charge is -2.24. The molecule has 1 aliphatic heterocycles. The minimum atomic E-state index is -4.57. The Labute approximate surface area is 189 Å². The van der Waals surface area contributed by atoms with E-state index >= 15 is 0 Å². The molecule has 0 spiro atoms. The molecular weight excluding hydrogens is 439 g/mol. The molecule has 10 heteroatoms. The molecular formula is C23H26F3N3O4. The van der Waals surface area contributed by atoms with E-state index in [-0.39, 0.29) is 17.2 Å². The molecule has 2 aromatic rings. The number of hydrogen-bond donors (Lipinski definition) is 1. The van der Waals surface area contributed by atoms with Gasteiger partial charge < -0.3 is 19.7 Å². The summed E-state index contributed by atoms with van der Waals surface area (Å²) in [5.74, 6) is -0.110. The van der Waals surface area contributed by atoms with Gasteiger partial charge in [-0.25, -0.2) is 4.79 Å². The van der Waals surface area contributed by atoms with Crippen molar-refractivity contribution in [3.05, 3.63) is 53.3 Å². The van der Waals surface area contributed by atoms with E-state index in [0.29, 0.717) is 31.5 Å². The van der Waals surface area contributed by atoms with Crippen LogP contribution in [0.4, 0.5) is 23.7 Å². The maximum absolute atomic E-state index is 12.9. The second-order valence-corrected chi connectivity index (χ2v) is 8.78. The van der Waals surface area contributed by atoms with Crippen LogP contribution < -0.4 is 10.1 Å². The Morgan fingerprint density at radius 2 is 1.88 bits per heavy atom. The number of likely N-dealkylation sites (tertiary alicyclic amines) is 1. The number of rotatable bonds is 4. The monoisotopic (exact) mass is 465 g/mol. The lowest BCUT2D eigenvalue weighted by atomic mass is 9.95. The van der Waals surface area contributed by atoms with E-state index in [1.165, 1.54) is 13.2 Å². The van der Waals surface area contributed by atoms with Crippen molar-refractivity contribution in [2.45, 2.75) is 44.9 Å². The lowest BCUT2D eigenvalue weighted by Crippen LogP contribution is -2.35. The van der Waals surface area contributed by atoms with Crippen LogP contribution in [-0.4, -0.2) is 47.7 Å². The van der Waals surface area contributed by atoms with Gasteiger partial charge >= 0.3 is 12.3 Å². The van der Waals surface area contributed by atoms with E-state index in [4.69, 9.17) is 9.47 Å². The fraction of sp³-hybridized carbons (Fsp3) is 0.435. The molecule has 3 rings (SSSR count). The smallest absolute Gasteiger partial charge is 0.417 e. The summed E-state index contributed by atoms with van der Waals surface area (Å²) in [5, 5.41) is 2.45. The zero-order valence-electron chi connectivity index (χ0n) is 18.8. The third-order valence-corrected chi connectivity index (χ3v) is 5.10. The van der Waals surface area contributed by atoms with Crippen molar-refractivity contribution < 1.29 is 32.2 Å². The van der Waals surface area contributed by atoms with E-state index in [1.54, 1.807) is 37.8 Å². The number of ether oxygens (including phenoxy) is 2. The summed E-state index contributed by atoms with van der Waals surface area (Å²) >= 11 is 0. The molecule has 2 amide bonds. The molecule has 2 heterocycles. The number of amides is 2. The van der Waals surface area contributed by atoms with Crippen LogP contribution in [0, 0.1) is 0 Å². The lowest BCUT2D eigenvalue weighted by molar-refractivity contribution is -0.137. The fourth-order valence-electron chi connectivity index (χ4n) is 3.57. The second-order valence-electron chi connectivity index (χ2n) is 8.78. The van der Waals surface area contributed by atoms with Crippen molar-refractivity contribution >= 4 is 17.7 Å². The molecule has 1 fully saturated rings. The number of carbonyl (C=O) groups is 2. The van der Waals surface area contributed by atoms with E-state index in [9.17, 15) is 22.8 Å². The normalized spacial score (nSPS) is 16.5. The molecule has 33 heavy (non-hydrogen) atoms. The summed E-state index contributed by atoms with van der Waals surface area (Å²) in [4.78, 5) is 30.3. The van der Waals surface area contributed by atoms with Gasteiger partial charge in [0.15, 0.2) is 0 Å². The highest BCUT2D eigenvalue weighted by atomic mass is 19.4. The summed E-state index contributed by atoms with van der Waals surface area (Å²) < 4.78 is 49.6. The first-order valence-corrected chi connectivity index (χ1v) is 10.4. The van der Waals surface area contributed by atoms with Crippen molar-refractivity contribution in [3.8, 4) is 5.75 Å². The first-order valence-electron chi connectivity index (χ1n) is 10.4. The molecule has 1 aromatic heterocycles. The van der Waals surface area contributed by atoms with Crippen molar-refractivity contribution in [3.63, 3.8) is 0 Å². The van der Waals surface area contributed by atoms with Gasteiger partial charge in [0, 0.05) is 30.8 Å². The average Bonchev–Trinajstić information content (AvgIpc) is 3.22. The van der Waals surface area contributed by atoms with Crippen LogP contribution in [0.3, 0.4) is 0 Å². The van der Waals surface area contributed by atoms with Gasteiger partial charge in [0.1, 0.15) is 11.4 Å². The molecule has 1 N–H and O–H groups in total. The molecule has 0 saturated carbocycles. The van der Waals surface area contributed by atoms with E-state index in [0.717, 1.165) is 17.8 Å². The van der Waals surface area contributed by atoms with Gasteiger partial charge in [0.05, 0.1) is 24.6 Å². The van der Waals surface area contributed by atoms with Gasteiger partial charge in [0.25, 0.3) is 5.91 Å². The van der Waals surface area contributed by atoms with E-state index < -0.39 is 29.3 Å². The van der Waals surface area contributed by atoms with Crippen molar-refractivity contribution in [2.24, 2.45) is 0 Å². The highest BCUT2D eigenvalue weighted by Gasteiger charge is 2.33. The number of nitrogens with zero attached hydrogens (tertiary/aromatic N) is 2. The third-order valence-electron chi connectivity index (χ3n) is 5.10. The summed E-state index contributed by atoms with van der Waals surface area (Å²) in [6.45, 7) is 6.28. The Hall–Kier alpha value is -3.30. The number of nitrogens with one attached hydrogen (secondary N) is 1. The topological polar surface area (TPSA) is 80.8 Å². The summed E-state index contributed by atoms with van der Waals surface area (Å²) in [6.07, 6.45) is -2.48. The van der Waals surface area contributed by atoms with Gasteiger partial charge in [-0.15, -0.1) is 0 Å². The predicted molar refractivity (Wildman–Crippen MR) is 115 cm³/mol. The van der Waals surface area contributed by atoms with E-state index in [1.807, 2.05) is 0 Å². The first kappa shape index (κ1) is 24.3. The number of halogens is 3. The molecule has 1 unspecified atom stereocenters. The molecule has 0 radical (unpaired) electrons. The average molecular weight is 465 g/mol. The molecule has 178 valence electrons. The van der Waals surface area contributed by atoms with Gasteiger partial charge in [-0.2, -0.15) is 13.2 Å². The quantitative estimate of drug-likeness (QED) is 0.681. The third kappa shape index (κ3) is 6.15. The first-order chi connectivity index (χ1) is 15.4. The van der Waals surface area contributed by atoms with Crippen LogP contribution in [-0.2, 0) is 10.9 Å². The Morgan fingerprint density at radius 3 is 2.52 bits per heavy atom. The zero-order chi connectivity index (χ0) is 24.4. The minimum Gasteiger partial charge on any atom is -0.496 e. The Bertz CT molecular complexity index is 1030. The maximum Gasteiger partial charge on any atom is 0.417 e. The molecule has 0 bridgehead atoms. The molecule has 7 nitrogen and oxygen atoms in total. The number of alkyl halides is 3. The number of benzene rings is 1. The fourth-order valence-corrected chi connectivity index (χ4v) is 3.57. The Kier molecular flexibility index (Phi) is 6.85. The van der Waals surface area contributed by atoms with Crippen LogP contribution in [0.15, 0.2) is 36.7 Å². The molecule has 1 saturated heterocycles. The highest BCUT2D eigenvalue weighted by molar-refractivity contribution is 6.04. The number of carbonyl (C=O) groups excluding carboxylic acids is 2. The number of pyridine rings is 1. The molecule has 1 aromatic carbocycles. The Balaban J connectivity index is 1.77. The van der Waals surface area contributed by atoms with Crippen molar-refractivity contribution in [2.75, 3.05) is 25.5 Å². The number of methoxy groups -OCH3 is 1. The summed E-state index contributed by atoms with van der Waals surface area (Å²) in [7, 11) is 1.51. The highest BCUT2D eigenvalue weighted by Crippen LogP contribution is 2.35. The largest absolute Gasteiger partial charge is 0.496 e. The predicted octanol–water partition coefficient (Wildman–Crippen LogP) is 5.09. The van der Waals surface area contributed by atoms with Gasteiger partial charge in [0.2, 0.25) is 0 Å². The van der Waals surface area contributed by atoms with Crippen molar-refractivity contribution in [1.82, 2.24) is 9.88 Å². The SMILES string of the molecule is COc1ccc(C(=O)Nc2cncc(C(F)(F)F)c2)cc1C1CCN(C(=O)OC(C)(C)C)C1. The van der Waals surface area contributed by atoms with Crippen LogP contribution in [0.5, 0.6) is 5.75 Å². The van der Waals surface area contributed by atoms with Crippen LogP contribution >= 0.6 is 0 Å². The minimum absolute atomic E-state index is 0.0656. The second kappa shape index (κ2) is 9.29. The molecule has 1 aliphatic rings. The number of aromatic nitrogens is 1. The van der Waals surface area contributed by atoms with Crippen LogP contribution in [0.25, 0.3) is 0 Å². The Morgan fingerprint density at radius 1 is 1.15 bits per heavy atom. The molecule has 0 aliphatic carbocycles. The van der Waals surface area contributed by atoms with Crippen molar-refractivity contribution in [1.29, 1.82) is 0 Å². The van der Waals surface area contributed by atoms with Gasteiger partial charge in [-0.05, 0) is 57.0 Å². The number of hydrogen-bond acceptors (Lipinski definition) is 5. The standard InChI is InChI=1S/C23H26F3N3O4/c1-22(2,3)33-21(31)29-8-7-15(13-29)18-9-14(5-6-19(18)32-4)20(30)28-17-10-16(11-27-12-17)23(24,25)26/h5-6,9-12,15H,7-8,13H2,1-4H3,(H,28,30). The summed E-state index contributed by atoms with van der Waals surface area (Å²) in [6, 6.07) is 5.62. The van der Waals surface area contributed by atoms with Crippen LogP contribution in [0.1, 0.15) is 54.6 Å². The maximum atomic E-state index is 12.9. The zero-order valence-corrected chi connectivity index (χ0v) is 18.8. The van der Waals surface area contributed by atoms with E-state index in [2.05, 4.69) is 10.3 Å². The number of anilines is 1. The van der Waals surface area contributed by atoms with Gasteiger partial charge in [-0.3, -0.25) is 9.78 Å². The molecule has 1 atom stereocenters.